The SMILES string of the molecule is CN1C(=O)[C@@]2(S)C[C@]3(c4cc[nH]c4)c4ccccc4N(S(=O)(=O)c4ccccc4)[C@@H]3N2C(=O)[C@@H]1S. The number of anilines is 1. The molecule has 4 heterocycles. The zero-order valence-corrected chi connectivity index (χ0v) is 21.2. The van der Waals surface area contributed by atoms with Gasteiger partial charge in [0.15, 0.2) is 10.2 Å². The van der Waals surface area contributed by atoms with Gasteiger partial charge in [-0.3, -0.25) is 14.5 Å². The average Bonchev–Trinajstić information content (AvgIpc) is 3.55. The van der Waals surface area contributed by atoms with E-state index < -0.39 is 43.7 Å². The summed E-state index contributed by atoms with van der Waals surface area (Å²) < 4.78 is 29.7. The Labute approximate surface area is 213 Å². The molecule has 2 fully saturated rings. The number of rotatable bonds is 3. The molecule has 0 saturated carbocycles. The molecule has 35 heavy (non-hydrogen) atoms. The second-order valence-corrected chi connectivity index (χ2v) is 12.1. The average molecular weight is 527 g/mol. The Bertz CT molecular complexity index is 1460. The number of aromatic nitrogens is 1. The molecule has 1 N–H and O–H groups in total. The number of carbonyl (C=O) groups excluding carboxylic acids is 2. The lowest BCUT2D eigenvalue weighted by Gasteiger charge is -2.47. The Morgan fingerprint density at radius 1 is 1.03 bits per heavy atom. The van der Waals surface area contributed by atoms with Crippen molar-refractivity contribution in [2.45, 2.75) is 33.1 Å². The molecule has 4 atom stereocenters. The summed E-state index contributed by atoms with van der Waals surface area (Å²) in [6, 6.07) is 17.2. The van der Waals surface area contributed by atoms with Gasteiger partial charge in [0.1, 0.15) is 6.17 Å². The molecule has 2 saturated heterocycles. The second-order valence-electron chi connectivity index (χ2n) is 9.07. The van der Waals surface area contributed by atoms with Crippen LogP contribution in [-0.2, 0) is 25.0 Å². The molecule has 11 heteroatoms. The van der Waals surface area contributed by atoms with Crippen molar-refractivity contribution in [3.8, 4) is 0 Å². The van der Waals surface area contributed by atoms with Crippen molar-refractivity contribution in [2.75, 3.05) is 11.4 Å². The van der Waals surface area contributed by atoms with Crippen LogP contribution in [0.15, 0.2) is 78.0 Å². The molecule has 0 unspecified atom stereocenters. The molecule has 3 aliphatic heterocycles. The van der Waals surface area contributed by atoms with E-state index in [-0.39, 0.29) is 11.3 Å². The standard InChI is InChI=1S/C24H22N4O4S3/c1-26-20(33)19(29)27-21-23(15-11-12-25-13-15,14-24(27,34)22(26)30)17-9-5-6-10-18(17)28(21)35(31,32)16-7-3-2-4-8-16/h2-13,20-21,25,33-34H,14H2,1H3/t20-,21-,23-,24-/m0/s1. The largest absolute Gasteiger partial charge is 0.367 e. The van der Waals surface area contributed by atoms with E-state index in [2.05, 4.69) is 17.6 Å². The molecule has 2 amide bonds. The van der Waals surface area contributed by atoms with Crippen LogP contribution >= 0.6 is 25.3 Å². The summed E-state index contributed by atoms with van der Waals surface area (Å²) in [4.78, 5) is 31.5. The summed E-state index contributed by atoms with van der Waals surface area (Å²) >= 11 is 9.22. The fourth-order valence-electron chi connectivity index (χ4n) is 5.84. The van der Waals surface area contributed by atoms with Gasteiger partial charge in [0.05, 0.1) is 16.0 Å². The quantitative estimate of drug-likeness (QED) is 0.457. The molecule has 3 aliphatic rings. The number of aromatic amines is 1. The Morgan fingerprint density at radius 3 is 2.40 bits per heavy atom. The van der Waals surface area contributed by atoms with Gasteiger partial charge in [-0.15, -0.1) is 25.3 Å². The smallest absolute Gasteiger partial charge is 0.266 e. The Balaban J connectivity index is 1.70. The van der Waals surface area contributed by atoms with Crippen molar-refractivity contribution < 1.29 is 18.0 Å². The predicted octanol–water partition coefficient (Wildman–Crippen LogP) is 2.42. The number of benzene rings is 2. The molecule has 8 nitrogen and oxygen atoms in total. The molecule has 0 spiro atoms. The molecule has 3 aromatic rings. The number of nitrogens with zero attached hydrogens (tertiary/aromatic N) is 3. The zero-order chi connectivity index (χ0) is 24.8. The number of sulfonamides is 1. The summed E-state index contributed by atoms with van der Waals surface area (Å²) in [5, 5.41) is -1.06. The van der Waals surface area contributed by atoms with Crippen molar-refractivity contribution in [3.63, 3.8) is 0 Å². The Hall–Kier alpha value is -2.89. The van der Waals surface area contributed by atoms with Gasteiger partial charge in [-0.1, -0.05) is 36.4 Å². The number of hydrogen-bond donors (Lipinski definition) is 3. The first-order chi connectivity index (χ1) is 16.7. The van der Waals surface area contributed by atoms with Gasteiger partial charge in [-0.05, 0) is 35.4 Å². The minimum Gasteiger partial charge on any atom is -0.367 e. The number of fused-ring (bicyclic) bond motifs is 5. The number of para-hydroxylation sites is 1. The van der Waals surface area contributed by atoms with Crippen LogP contribution in [-0.4, -0.2) is 58.5 Å². The lowest BCUT2D eigenvalue weighted by molar-refractivity contribution is -0.157. The van der Waals surface area contributed by atoms with E-state index in [4.69, 9.17) is 12.6 Å². The van der Waals surface area contributed by atoms with Gasteiger partial charge in [-0.25, -0.2) is 12.7 Å². The van der Waals surface area contributed by atoms with Crippen LogP contribution in [0.1, 0.15) is 17.5 Å². The number of carbonyl (C=O) groups is 2. The lowest BCUT2D eigenvalue weighted by atomic mass is 9.73. The summed E-state index contributed by atoms with van der Waals surface area (Å²) in [5.74, 6) is -0.881. The lowest BCUT2D eigenvalue weighted by Crippen LogP contribution is -2.68. The molecule has 6 rings (SSSR count). The molecule has 180 valence electrons. The Kier molecular flexibility index (Phi) is 4.71. The summed E-state index contributed by atoms with van der Waals surface area (Å²) in [7, 11) is -2.63. The number of H-pyrrole nitrogens is 1. The van der Waals surface area contributed by atoms with Gasteiger partial charge in [0.25, 0.3) is 21.8 Å². The first-order valence-corrected chi connectivity index (χ1v) is 13.4. The van der Waals surface area contributed by atoms with Crippen molar-refractivity contribution in [2.24, 2.45) is 0 Å². The van der Waals surface area contributed by atoms with E-state index in [1.54, 1.807) is 42.7 Å². The van der Waals surface area contributed by atoms with Crippen molar-refractivity contribution in [1.29, 1.82) is 0 Å². The van der Waals surface area contributed by atoms with E-state index >= 15 is 0 Å². The molecule has 1 aromatic heterocycles. The van der Waals surface area contributed by atoms with Gasteiger partial charge in [0, 0.05) is 25.9 Å². The maximum Gasteiger partial charge on any atom is 0.266 e. The first-order valence-electron chi connectivity index (χ1n) is 11.0. The van der Waals surface area contributed by atoms with Crippen LogP contribution in [0.4, 0.5) is 5.69 Å². The third-order valence-electron chi connectivity index (χ3n) is 7.35. The Morgan fingerprint density at radius 2 is 1.71 bits per heavy atom. The second kappa shape index (κ2) is 7.31. The maximum atomic E-state index is 14.2. The molecule has 0 bridgehead atoms. The van der Waals surface area contributed by atoms with Crippen molar-refractivity contribution in [1.82, 2.24) is 14.8 Å². The number of nitrogens with one attached hydrogen (secondary N) is 1. The van der Waals surface area contributed by atoms with Gasteiger partial charge in [-0.2, -0.15) is 0 Å². The maximum absolute atomic E-state index is 14.2. The molecule has 0 aliphatic carbocycles. The van der Waals surface area contributed by atoms with Crippen molar-refractivity contribution in [3.05, 3.63) is 84.2 Å². The topological polar surface area (TPSA) is 93.8 Å². The van der Waals surface area contributed by atoms with E-state index in [9.17, 15) is 18.0 Å². The molecule has 0 radical (unpaired) electrons. The van der Waals surface area contributed by atoms with E-state index in [1.807, 2.05) is 18.2 Å². The van der Waals surface area contributed by atoms with E-state index in [0.29, 0.717) is 11.3 Å². The highest BCUT2D eigenvalue weighted by Crippen LogP contribution is 2.63. The van der Waals surface area contributed by atoms with Crippen LogP contribution in [0.5, 0.6) is 0 Å². The van der Waals surface area contributed by atoms with Crippen LogP contribution in [0, 0.1) is 0 Å². The van der Waals surface area contributed by atoms with Gasteiger partial charge >= 0.3 is 0 Å². The molecule has 2 aromatic carbocycles. The zero-order valence-electron chi connectivity index (χ0n) is 18.6. The van der Waals surface area contributed by atoms with E-state index in [1.165, 1.54) is 33.3 Å². The summed E-state index contributed by atoms with van der Waals surface area (Å²) in [6.07, 6.45) is 2.57. The minimum atomic E-state index is -4.14. The van der Waals surface area contributed by atoms with Crippen LogP contribution < -0.4 is 4.31 Å². The highest BCUT2D eigenvalue weighted by atomic mass is 32.2. The fraction of sp³-hybridized carbons (Fsp3) is 0.250. The third-order valence-corrected chi connectivity index (χ3v) is 10.3. The van der Waals surface area contributed by atoms with Crippen LogP contribution in [0.25, 0.3) is 0 Å². The number of likely N-dealkylation sites (N-methyl/N-ethyl adjacent to an activating group) is 1. The molecular weight excluding hydrogens is 504 g/mol. The van der Waals surface area contributed by atoms with Crippen LogP contribution in [0.2, 0.25) is 0 Å². The highest BCUT2D eigenvalue weighted by molar-refractivity contribution is 7.93. The van der Waals surface area contributed by atoms with Crippen LogP contribution in [0.3, 0.4) is 0 Å². The van der Waals surface area contributed by atoms with E-state index in [0.717, 1.165) is 5.56 Å². The van der Waals surface area contributed by atoms with Gasteiger partial charge in [0.2, 0.25) is 0 Å². The highest BCUT2D eigenvalue weighted by Gasteiger charge is 2.73. The number of thiol groups is 2. The predicted molar refractivity (Wildman–Crippen MR) is 137 cm³/mol. The molecular formula is C24H22N4O4S3. The number of amides is 2. The number of hydrogen-bond acceptors (Lipinski definition) is 6. The number of piperazine rings is 1. The summed E-state index contributed by atoms with van der Waals surface area (Å²) in [6.45, 7) is 0. The first kappa shape index (κ1) is 22.6. The van der Waals surface area contributed by atoms with Gasteiger partial charge < -0.3 is 9.88 Å². The monoisotopic (exact) mass is 526 g/mol. The minimum absolute atomic E-state index is 0.0895. The van der Waals surface area contributed by atoms with Crippen molar-refractivity contribution >= 4 is 52.8 Å². The normalized spacial score (nSPS) is 29.9. The third kappa shape index (κ3) is 2.68. The summed E-state index contributed by atoms with van der Waals surface area (Å²) in [5.41, 5.74) is 0.908. The fourth-order valence-corrected chi connectivity index (χ4v) is 8.37.